The van der Waals surface area contributed by atoms with E-state index in [1.54, 1.807) is 24.3 Å². The third-order valence-electron chi connectivity index (χ3n) is 3.47. The van der Waals surface area contributed by atoms with Crippen LogP contribution < -0.4 is 10.6 Å². The van der Waals surface area contributed by atoms with Gasteiger partial charge in [-0.2, -0.15) is 0 Å². The number of pyridine rings is 1. The summed E-state index contributed by atoms with van der Waals surface area (Å²) < 4.78 is 4.98. The fraction of sp³-hybridized carbons (Fsp3) is 0.235. The quantitative estimate of drug-likeness (QED) is 0.746. The van der Waals surface area contributed by atoms with Gasteiger partial charge in [-0.15, -0.1) is 0 Å². The number of anilines is 2. The zero-order valence-electron chi connectivity index (χ0n) is 13.1. The molecule has 0 spiro atoms. The van der Waals surface area contributed by atoms with Gasteiger partial charge in [0.05, 0.1) is 16.3 Å². The van der Waals surface area contributed by atoms with Gasteiger partial charge in [0.25, 0.3) is 5.91 Å². The summed E-state index contributed by atoms with van der Waals surface area (Å²) >= 11 is 11.8. The average Bonchev–Trinajstić information content (AvgIpc) is 3.41. The molecular formula is C17H15Cl2N3O3. The molecule has 0 aliphatic heterocycles. The molecule has 3 rings (SSSR count). The molecule has 8 heteroatoms. The molecule has 1 fully saturated rings. The van der Waals surface area contributed by atoms with E-state index in [-0.39, 0.29) is 5.56 Å². The van der Waals surface area contributed by atoms with Crippen molar-refractivity contribution in [3.05, 3.63) is 52.1 Å². The zero-order chi connectivity index (χ0) is 17.8. The molecule has 1 heterocycles. The van der Waals surface area contributed by atoms with E-state index in [4.69, 9.17) is 27.9 Å². The van der Waals surface area contributed by atoms with Crippen LogP contribution in [-0.2, 0) is 9.53 Å². The number of aromatic nitrogens is 1. The van der Waals surface area contributed by atoms with Gasteiger partial charge in [-0.3, -0.25) is 4.79 Å². The number of hydrogen-bond acceptors (Lipinski definition) is 5. The minimum atomic E-state index is -0.627. The summed E-state index contributed by atoms with van der Waals surface area (Å²) in [5, 5.41) is 6.53. The predicted octanol–water partition coefficient (Wildman–Crippen LogP) is 3.76. The van der Waals surface area contributed by atoms with Crippen molar-refractivity contribution in [1.82, 2.24) is 4.98 Å². The van der Waals surface area contributed by atoms with Crippen LogP contribution in [0.5, 0.6) is 0 Å². The zero-order valence-corrected chi connectivity index (χ0v) is 14.6. The van der Waals surface area contributed by atoms with Gasteiger partial charge in [-0.1, -0.05) is 23.2 Å². The molecular weight excluding hydrogens is 365 g/mol. The molecule has 0 atom stereocenters. The number of rotatable bonds is 6. The maximum absolute atomic E-state index is 12.0. The van der Waals surface area contributed by atoms with E-state index in [0.717, 1.165) is 12.8 Å². The van der Waals surface area contributed by atoms with Crippen LogP contribution in [0.25, 0.3) is 0 Å². The molecule has 6 nitrogen and oxygen atoms in total. The van der Waals surface area contributed by atoms with Crippen LogP contribution in [0.4, 0.5) is 11.5 Å². The van der Waals surface area contributed by atoms with Crippen molar-refractivity contribution < 1.29 is 14.3 Å². The standard InChI is InChI=1S/C17H15Cl2N3O3/c18-11-2-5-13(19)14(7-11)22-16(23)9-25-17(24)10-1-6-15(20-8-10)21-12-3-4-12/h1-2,5-8,12H,3-4,9H2,(H,20,21)(H,22,23). The van der Waals surface area contributed by atoms with E-state index in [1.807, 2.05) is 0 Å². The van der Waals surface area contributed by atoms with Crippen molar-refractivity contribution in [1.29, 1.82) is 0 Å². The van der Waals surface area contributed by atoms with E-state index < -0.39 is 18.5 Å². The maximum Gasteiger partial charge on any atom is 0.340 e. The first-order valence-electron chi connectivity index (χ1n) is 7.66. The van der Waals surface area contributed by atoms with Crippen LogP contribution in [0, 0.1) is 0 Å². The van der Waals surface area contributed by atoms with E-state index in [1.165, 1.54) is 12.3 Å². The van der Waals surface area contributed by atoms with Gasteiger partial charge in [0.15, 0.2) is 6.61 Å². The number of hydrogen-bond donors (Lipinski definition) is 2. The summed E-state index contributed by atoms with van der Waals surface area (Å²) in [6.45, 7) is -0.441. The largest absolute Gasteiger partial charge is 0.452 e. The molecule has 130 valence electrons. The molecule has 0 radical (unpaired) electrons. The third-order valence-corrected chi connectivity index (χ3v) is 4.03. The second kappa shape index (κ2) is 7.72. The molecule has 1 aromatic heterocycles. The molecule has 1 aliphatic rings. The summed E-state index contributed by atoms with van der Waals surface area (Å²) in [4.78, 5) is 28.0. The van der Waals surface area contributed by atoms with Gasteiger partial charge in [-0.25, -0.2) is 9.78 Å². The number of amides is 1. The molecule has 1 aliphatic carbocycles. The SMILES string of the molecule is O=C(COC(=O)c1ccc(NC2CC2)nc1)Nc1cc(Cl)ccc1Cl. The summed E-state index contributed by atoms with van der Waals surface area (Å²) in [6.07, 6.45) is 3.69. The average molecular weight is 380 g/mol. The van der Waals surface area contributed by atoms with Gasteiger partial charge in [0.2, 0.25) is 0 Å². The summed E-state index contributed by atoms with van der Waals surface area (Å²) in [5.41, 5.74) is 0.627. The Labute approximate surface area is 154 Å². The first kappa shape index (κ1) is 17.5. The molecule has 25 heavy (non-hydrogen) atoms. The Kier molecular flexibility index (Phi) is 5.40. The van der Waals surface area contributed by atoms with Crippen LogP contribution >= 0.6 is 23.2 Å². The lowest BCUT2D eigenvalue weighted by Crippen LogP contribution is -2.21. The molecule has 1 amide bonds. The first-order valence-corrected chi connectivity index (χ1v) is 8.41. The number of ether oxygens (including phenoxy) is 1. The number of carbonyl (C=O) groups is 2. The highest BCUT2D eigenvalue weighted by Gasteiger charge is 2.21. The second-order valence-electron chi connectivity index (χ2n) is 5.60. The number of benzene rings is 1. The molecule has 0 unspecified atom stereocenters. The monoisotopic (exact) mass is 379 g/mol. The van der Waals surface area contributed by atoms with Crippen LogP contribution in [-0.4, -0.2) is 29.5 Å². The van der Waals surface area contributed by atoms with Crippen LogP contribution in [0.3, 0.4) is 0 Å². The fourth-order valence-corrected chi connectivity index (χ4v) is 2.37. The van der Waals surface area contributed by atoms with Gasteiger partial charge in [-0.05, 0) is 43.2 Å². The van der Waals surface area contributed by atoms with E-state index >= 15 is 0 Å². The molecule has 2 N–H and O–H groups in total. The Morgan fingerprint density at radius 3 is 2.68 bits per heavy atom. The Balaban J connectivity index is 1.50. The molecule has 1 aromatic carbocycles. The number of nitrogens with one attached hydrogen (secondary N) is 2. The lowest BCUT2D eigenvalue weighted by atomic mass is 10.3. The topological polar surface area (TPSA) is 80.3 Å². The van der Waals surface area contributed by atoms with Crippen molar-refractivity contribution in [2.24, 2.45) is 0 Å². The first-order chi connectivity index (χ1) is 12.0. The number of carbonyl (C=O) groups excluding carboxylic acids is 2. The molecule has 0 saturated heterocycles. The Morgan fingerprint density at radius 2 is 2.00 bits per heavy atom. The highest BCUT2D eigenvalue weighted by atomic mass is 35.5. The Morgan fingerprint density at radius 1 is 1.20 bits per heavy atom. The van der Waals surface area contributed by atoms with Gasteiger partial charge in [0, 0.05) is 17.3 Å². The van der Waals surface area contributed by atoms with E-state index in [9.17, 15) is 9.59 Å². The second-order valence-corrected chi connectivity index (χ2v) is 6.44. The number of esters is 1. The normalized spacial score (nSPS) is 13.2. The summed E-state index contributed by atoms with van der Waals surface area (Å²) in [5.74, 6) is -0.428. The van der Waals surface area contributed by atoms with Crippen molar-refractivity contribution in [3.8, 4) is 0 Å². The summed E-state index contributed by atoms with van der Waals surface area (Å²) in [7, 11) is 0. The highest BCUT2D eigenvalue weighted by Crippen LogP contribution is 2.25. The van der Waals surface area contributed by atoms with Crippen molar-refractivity contribution in [3.63, 3.8) is 0 Å². The van der Waals surface area contributed by atoms with Crippen molar-refractivity contribution in [2.45, 2.75) is 18.9 Å². The van der Waals surface area contributed by atoms with Crippen LogP contribution in [0.1, 0.15) is 23.2 Å². The van der Waals surface area contributed by atoms with Gasteiger partial charge in [0.1, 0.15) is 5.82 Å². The number of nitrogens with zero attached hydrogens (tertiary/aromatic N) is 1. The van der Waals surface area contributed by atoms with Crippen molar-refractivity contribution in [2.75, 3.05) is 17.2 Å². The lowest BCUT2D eigenvalue weighted by Gasteiger charge is -2.09. The van der Waals surface area contributed by atoms with Gasteiger partial charge >= 0.3 is 5.97 Å². The fourth-order valence-electron chi connectivity index (χ4n) is 2.03. The third kappa shape index (κ3) is 5.08. The Bertz CT molecular complexity index is 792. The summed E-state index contributed by atoms with van der Waals surface area (Å²) in [6, 6.07) is 8.47. The van der Waals surface area contributed by atoms with Crippen LogP contribution in [0.2, 0.25) is 10.0 Å². The molecule has 1 saturated carbocycles. The number of halogens is 2. The maximum atomic E-state index is 12.0. The van der Waals surface area contributed by atoms with E-state index in [0.29, 0.717) is 27.6 Å². The molecule has 2 aromatic rings. The minimum Gasteiger partial charge on any atom is -0.452 e. The Hall–Kier alpha value is -2.31. The molecule has 0 bridgehead atoms. The smallest absolute Gasteiger partial charge is 0.340 e. The minimum absolute atomic E-state index is 0.273. The van der Waals surface area contributed by atoms with E-state index in [2.05, 4.69) is 15.6 Å². The highest BCUT2D eigenvalue weighted by molar-refractivity contribution is 6.35. The van der Waals surface area contributed by atoms with Gasteiger partial charge < -0.3 is 15.4 Å². The van der Waals surface area contributed by atoms with Crippen molar-refractivity contribution >= 4 is 46.6 Å². The predicted molar refractivity (Wildman–Crippen MR) is 96.3 cm³/mol. The lowest BCUT2D eigenvalue weighted by molar-refractivity contribution is -0.119. The van der Waals surface area contributed by atoms with Crippen LogP contribution in [0.15, 0.2) is 36.5 Å².